The van der Waals surface area contributed by atoms with Crippen LogP contribution in [0.25, 0.3) is 11.0 Å². The highest BCUT2D eigenvalue weighted by Crippen LogP contribution is 2.39. The highest BCUT2D eigenvalue weighted by molar-refractivity contribution is 6.31. The molecule has 2 N–H and O–H groups in total. The maximum absolute atomic E-state index is 6.13. The molecule has 0 aliphatic heterocycles. The Hall–Kier alpha value is -1.06. The van der Waals surface area contributed by atoms with E-state index in [2.05, 4.69) is 10.6 Å². The number of halogens is 1. The summed E-state index contributed by atoms with van der Waals surface area (Å²) in [6.07, 6.45) is 3.27. The highest BCUT2D eigenvalue weighted by atomic mass is 35.5. The maximum Gasteiger partial charge on any atom is 0.111 e. The molecule has 0 bridgehead atoms. The molecule has 1 saturated carbocycles. The Morgan fingerprint density at radius 3 is 2.78 bits per heavy atom. The van der Waals surface area contributed by atoms with Gasteiger partial charge in [0.15, 0.2) is 0 Å². The van der Waals surface area contributed by atoms with Crippen molar-refractivity contribution in [3.05, 3.63) is 29.0 Å². The summed E-state index contributed by atoms with van der Waals surface area (Å²) >= 11 is 6.03. The first kappa shape index (κ1) is 12.0. The van der Waals surface area contributed by atoms with Gasteiger partial charge >= 0.3 is 0 Å². The Morgan fingerprint density at radius 1 is 1.44 bits per heavy atom. The Morgan fingerprint density at radius 2 is 2.17 bits per heavy atom. The minimum atomic E-state index is -0.238. The lowest BCUT2D eigenvalue weighted by atomic mass is 10.0. The van der Waals surface area contributed by atoms with E-state index in [-0.39, 0.29) is 5.54 Å². The van der Waals surface area contributed by atoms with Crippen molar-refractivity contribution < 1.29 is 0 Å². The molecule has 1 fully saturated rings. The standard InChI is InChI=1S/C14H18ClN3/c1-14(2,16)8-13-17-11-7-9(15)3-6-12(11)18(13)10-4-5-10/h3,6-7,10H,4-5,8,16H2,1-2H3. The molecule has 18 heavy (non-hydrogen) atoms. The first-order valence-electron chi connectivity index (χ1n) is 6.39. The van der Waals surface area contributed by atoms with Gasteiger partial charge in [-0.15, -0.1) is 0 Å². The highest BCUT2D eigenvalue weighted by Gasteiger charge is 2.29. The molecule has 1 aliphatic rings. The molecule has 1 aliphatic carbocycles. The third kappa shape index (κ3) is 2.25. The van der Waals surface area contributed by atoms with Crippen molar-refractivity contribution in [2.24, 2.45) is 5.73 Å². The molecule has 3 nitrogen and oxygen atoms in total. The molecular formula is C14H18ClN3. The van der Waals surface area contributed by atoms with Crippen molar-refractivity contribution in [3.8, 4) is 0 Å². The number of aromatic nitrogens is 2. The number of fused-ring (bicyclic) bond motifs is 1. The molecule has 0 saturated heterocycles. The van der Waals surface area contributed by atoms with Gasteiger partial charge in [0.25, 0.3) is 0 Å². The van der Waals surface area contributed by atoms with Gasteiger partial charge in [0.2, 0.25) is 0 Å². The first-order chi connectivity index (χ1) is 8.44. The van der Waals surface area contributed by atoms with Crippen molar-refractivity contribution in [1.29, 1.82) is 0 Å². The van der Waals surface area contributed by atoms with E-state index >= 15 is 0 Å². The normalized spacial score (nSPS) is 16.4. The second-order valence-corrected chi connectivity index (χ2v) is 6.36. The van der Waals surface area contributed by atoms with E-state index in [0.717, 1.165) is 22.8 Å². The Balaban J connectivity index is 2.14. The topological polar surface area (TPSA) is 43.8 Å². The summed E-state index contributed by atoms with van der Waals surface area (Å²) in [6, 6.07) is 6.54. The van der Waals surface area contributed by atoms with Gasteiger partial charge < -0.3 is 10.3 Å². The second kappa shape index (κ2) is 3.97. The number of benzene rings is 1. The lowest BCUT2D eigenvalue weighted by Gasteiger charge is -2.18. The summed E-state index contributed by atoms with van der Waals surface area (Å²) in [5.74, 6) is 1.09. The number of rotatable bonds is 3. The fourth-order valence-corrected chi connectivity index (χ4v) is 2.56. The molecule has 0 unspecified atom stereocenters. The van der Waals surface area contributed by atoms with Gasteiger partial charge in [-0.2, -0.15) is 0 Å². The van der Waals surface area contributed by atoms with Gasteiger partial charge in [0.1, 0.15) is 5.82 Å². The zero-order chi connectivity index (χ0) is 12.9. The minimum absolute atomic E-state index is 0.238. The fourth-order valence-electron chi connectivity index (χ4n) is 2.39. The van der Waals surface area contributed by atoms with Crippen LogP contribution in [-0.4, -0.2) is 15.1 Å². The van der Waals surface area contributed by atoms with E-state index in [0.29, 0.717) is 6.04 Å². The summed E-state index contributed by atoms with van der Waals surface area (Å²) in [5.41, 5.74) is 8.05. The molecule has 3 rings (SSSR count). The van der Waals surface area contributed by atoms with Gasteiger partial charge in [0, 0.05) is 23.0 Å². The van der Waals surface area contributed by atoms with Crippen LogP contribution in [0.15, 0.2) is 18.2 Å². The zero-order valence-corrected chi connectivity index (χ0v) is 11.5. The molecule has 4 heteroatoms. The summed E-state index contributed by atoms with van der Waals surface area (Å²) in [6.45, 7) is 4.08. The molecule has 0 spiro atoms. The number of nitrogens with zero attached hydrogens (tertiary/aromatic N) is 2. The summed E-state index contributed by atoms with van der Waals surface area (Å²) in [4.78, 5) is 4.72. The molecule has 1 aromatic heterocycles. The van der Waals surface area contributed by atoms with Gasteiger partial charge in [0.05, 0.1) is 11.0 Å². The Bertz CT molecular complexity index is 591. The van der Waals surface area contributed by atoms with E-state index in [9.17, 15) is 0 Å². The molecule has 1 aromatic carbocycles. The van der Waals surface area contributed by atoms with E-state index in [4.69, 9.17) is 22.3 Å². The Labute approximate surface area is 112 Å². The molecule has 1 heterocycles. The molecule has 0 radical (unpaired) electrons. The van der Waals surface area contributed by atoms with Crippen molar-refractivity contribution in [3.63, 3.8) is 0 Å². The average molecular weight is 264 g/mol. The van der Waals surface area contributed by atoms with Crippen LogP contribution in [0, 0.1) is 0 Å². The molecular weight excluding hydrogens is 246 g/mol. The monoisotopic (exact) mass is 263 g/mol. The van der Waals surface area contributed by atoms with Crippen LogP contribution in [0.4, 0.5) is 0 Å². The third-order valence-corrected chi connectivity index (χ3v) is 3.49. The maximum atomic E-state index is 6.13. The van der Waals surface area contributed by atoms with Crippen LogP contribution >= 0.6 is 11.6 Å². The number of hydrogen-bond acceptors (Lipinski definition) is 2. The van der Waals surface area contributed by atoms with Gasteiger partial charge in [-0.25, -0.2) is 4.98 Å². The average Bonchev–Trinajstić information content (AvgIpc) is 2.99. The lowest BCUT2D eigenvalue weighted by molar-refractivity contribution is 0.488. The van der Waals surface area contributed by atoms with E-state index < -0.39 is 0 Å². The number of imidazole rings is 1. The quantitative estimate of drug-likeness (QED) is 0.923. The predicted molar refractivity (Wildman–Crippen MR) is 75.0 cm³/mol. The summed E-state index contributed by atoms with van der Waals surface area (Å²) in [7, 11) is 0. The fraction of sp³-hybridized carbons (Fsp3) is 0.500. The molecule has 0 atom stereocenters. The van der Waals surface area contributed by atoms with E-state index in [1.54, 1.807) is 0 Å². The van der Waals surface area contributed by atoms with Crippen LogP contribution < -0.4 is 5.73 Å². The summed E-state index contributed by atoms with van der Waals surface area (Å²) in [5, 5.41) is 0.738. The van der Waals surface area contributed by atoms with Gasteiger partial charge in [-0.3, -0.25) is 0 Å². The first-order valence-corrected chi connectivity index (χ1v) is 6.77. The largest absolute Gasteiger partial charge is 0.325 e. The van der Waals surface area contributed by atoms with Crippen LogP contribution in [0.5, 0.6) is 0 Å². The zero-order valence-electron chi connectivity index (χ0n) is 10.8. The van der Waals surface area contributed by atoms with Gasteiger partial charge in [-0.1, -0.05) is 11.6 Å². The lowest BCUT2D eigenvalue weighted by Crippen LogP contribution is -2.35. The molecule has 0 amide bonds. The van der Waals surface area contributed by atoms with E-state index in [1.165, 1.54) is 18.4 Å². The van der Waals surface area contributed by atoms with Crippen LogP contribution in [-0.2, 0) is 6.42 Å². The Kier molecular flexibility index (Phi) is 2.65. The number of hydrogen-bond donors (Lipinski definition) is 1. The van der Waals surface area contributed by atoms with Crippen molar-refractivity contribution in [1.82, 2.24) is 9.55 Å². The second-order valence-electron chi connectivity index (χ2n) is 5.93. The third-order valence-electron chi connectivity index (χ3n) is 3.25. The predicted octanol–water partition coefficient (Wildman–Crippen LogP) is 3.30. The molecule has 96 valence electrons. The smallest absolute Gasteiger partial charge is 0.111 e. The van der Waals surface area contributed by atoms with Crippen molar-refractivity contribution in [2.45, 2.75) is 44.7 Å². The van der Waals surface area contributed by atoms with Crippen molar-refractivity contribution >= 4 is 22.6 Å². The van der Waals surface area contributed by atoms with Crippen LogP contribution in [0.1, 0.15) is 38.6 Å². The van der Waals surface area contributed by atoms with Gasteiger partial charge in [-0.05, 0) is 44.9 Å². The van der Waals surface area contributed by atoms with Crippen LogP contribution in [0.3, 0.4) is 0 Å². The SMILES string of the molecule is CC(C)(N)Cc1nc2cc(Cl)ccc2n1C1CC1. The summed E-state index contributed by atoms with van der Waals surface area (Å²) < 4.78 is 2.35. The van der Waals surface area contributed by atoms with E-state index in [1.807, 2.05) is 26.0 Å². The van der Waals surface area contributed by atoms with Crippen molar-refractivity contribution in [2.75, 3.05) is 0 Å². The van der Waals surface area contributed by atoms with Crippen LogP contribution in [0.2, 0.25) is 5.02 Å². The minimum Gasteiger partial charge on any atom is -0.325 e. The molecule has 2 aromatic rings. The number of nitrogens with two attached hydrogens (primary N) is 1.